The van der Waals surface area contributed by atoms with Crippen LogP contribution < -0.4 is 4.90 Å². The Morgan fingerprint density at radius 1 is 1.53 bits per heavy atom. The summed E-state index contributed by atoms with van der Waals surface area (Å²) in [5.74, 6) is -1.12. The second kappa shape index (κ2) is 6.37. The third kappa shape index (κ3) is 3.26. The number of aryl methyl sites for hydroxylation is 1. The average molecular weight is 282 g/mol. The zero-order valence-corrected chi connectivity index (χ0v) is 12.5. The Morgan fingerprint density at radius 2 is 2.32 bits per heavy atom. The fourth-order valence-corrected chi connectivity index (χ4v) is 3.65. The van der Waals surface area contributed by atoms with Crippen molar-refractivity contribution in [1.29, 1.82) is 0 Å². The highest BCUT2D eigenvalue weighted by atomic mass is 32.1. The van der Waals surface area contributed by atoms with E-state index in [1.807, 2.05) is 0 Å². The van der Waals surface area contributed by atoms with Crippen LogP contribution in [0.25, 0.3) is 0 Å². The Labute approximate surface area is 118 Å². The van der Waals surface area contributed by atoms with E-state index in [0.717, 1.165) is 36.6 Å². The predicted molar refractivity (Wildman–Crippen MR) is 78.2 cm³/mol. The van der Waals surface area contributed by atoms with E-state index < -0.39 is 11.9 Å². The van der Waals surface area contributed by atoms with Gasteiger partial charge in [0.1, 0.15) is 5.92 Å². The second-order valence-corrected chi connectivity index (χ2v) is 6.28. The number of carboxylic acids is 1. The quantitative estimate of drug-likeness (QED) is 0.814. The molecule has 2 rings (SSSR count). The zero-order valence-electron chi connectivity index (χ0n) is 11.7. The van der Waals surface area contributed by atoms with E-state index in [-0.39, 0.29) is 0 Å². The van der Waals surface area contributed by atoms with Crippen molar-refractivity contribution in [3.05, 3.63) is 10.6 Å². The van der Waals surface area contributed by atoms with Crippen molar-refractivity contribution in [1.82, 2.24) is 4.98 Å². The molecule has 0 saturated heterocycles. The van der Waals surface area contributed by atoms with Crippen LogP contribution in [0.2, 0.25) is 0 Å². The van der Waals surface area contributed by atoms with E-state index in [2.05, 4.69) is 23.9 Å². The molecule has 1 N–H and O–H groups in total. The summed E-state index contributed by atoms with van der Waals surface area (Å²) in [5.41, 5.74) is 0.820. The van der Waals surface area contributed by atoms with Crippen LogP contribution in [0.3, 0.4) is 0 Å². The lowest BCUT2D eigenvalue weighted by Crippen LogP contribution is -2.19. The van der Waals surface area contributed by atoms with Crippen LogP contribution in [0.15, 0.2) is 0 Å². The van der Waals surface area contributed by atoms with Gasteiger partial charge in [-0.3, -0.25) is 4.79 Å². The molecule has 1 atom stereocenters. The van der Waals surface area contributed by atoms with Crippen molar-refractivity contribution < 1.29 is 9.90 Å². The van der Waals surface area contributed by atoms with E-state index in [1.165, 1.54) is 24.1 Å². The molecule has 0 radical (unpaired) electrons. The number of hydrogen-bond acceptors (Lipinski definition) is 4. The smallest absolute Gasteiger partial charge is 0.312 e. The van der Waals surface area contributed by atoms with E-state index >= 15 is 0 Å². The summed E-state index contributed by atoms with van der Waals surface area (Å²) in [6, 6.07) is 0. The molecule has 4 nitrogen and oxygen atoms in total. The topological polar surface area (TPSA) is 53.4 Å². The van der Waals surface area contributed by atoms with Crippen LogP contribution in [-0.2, 0) is 11.2 Å². The molecule has 1 aliphatic carbocycles. The maximum absolute atomic E-state index is 11.3. The summed E-state index contributed by atoms with van der Waals surface area (Å²) >= 11 is 1.67. The van der Waals surface area contributed by atoms with Gasteiger partial charge in [0.05, 0.1) is 5.69 Å². The van der Waals surface area contributed by atoms with E-state index in [1.54, 1.807) is 11.3 Å². The van der Waals surface area contributed by atoms with Crippen molar-refractivity contribution in [2.45, 2.75) is 51.4 Å². The molecule has 19 heavy (non-hydrogen) atoms. The lowest BCUT2D eigenvalue weighted by Gasteiger charge is -2.16. The predicted octanol–water partition coefficient (Wildman–Crippen LogP) is 3.27. The van der Waals surface area contributed by atoms with Crippen molar-refractivity contribution in [3.8, 4) is 0 Å². The normalized spacial score (nSPS) is 18.1. The van der Waals surface area contributed by atoms with Gasteiger partial charge < -0.3 is 10.0 Å². The molecule has 0 aromatic carbocycles. The van der Waals surface area contributed by atoms with Gasteiger partial charge in [0, 0.05) is 18.5 Å². The highest BCUT2D eigenvalue weighted by Crippen LogP contribution is 2.37. The van der Waals surface area contributed by atoms with Gasteiger partial charge in [-0.15, -0.1) is 11.3 Å². The SMILES string of the molecule is CCCCCN(C)c1nc2c(s1)CCCC2C(=O)O. The van der Waals surface area contributed by atoms with Crippen LogP contribution >= 0.6 is 11.3 Å². The Balaban J connectivity index is 2.10. The molecule has 5 heteroatoms. The fourth-order valence-electron chi connectivity index (χ4n) is 2.50. The largest absolute Gasteiger partial charge is 0.481 e. The number of aliphatic carboxylic acids is 1. The second-order valence-electron chi connectivity index (χ2n) is 5.22. The third-order valence-corrected chi connectivity index (χ3v) is 4.91. The Bertz CT molecular complexity index is 445. The number of unbranched alkanes of at least 4 members (excludes halogenated alkanes) is 2. The molecule has 1 aromatic heterocycles. The molecule has 1 unspecified atom stereocenters. The highest BCUT2D eigenvalue weighted by molar-refractivity contribution is 7.15. The molecule has 1 aliphatic rings. The number of nitrogens with zero attached hydrogens (tertiary/aromatic N) is 2. The first-order valence-electron chi connectivity index (χ1n) is 7.07. The number of thiazole rings is 1. The monoisotopic (exact) mass is 282 g/mol. The average Bonchev–Trinajstić information content (AvgIpc) is 2.82. The number of aromatic nitrogens is 1. The highest BCUT2D eigenvalue weighted by Gasteiger charge is 2.30. The molecular formula is C14H22N2O2S. The summed E-state index contributed by atoms with van der Waals surface area (Å²) in [4.78, 5) is 19.2. The van der Waals surface area contributed by atoms with E-state index in [4.69, 9.17) is 0 Å². The zero-order chi connectivity index (χ0) is 13.8. The molecule has 1 aromatic rings. The first-order chi connectivity index (χ1) is 9.13. The van der Waals surface area contributed by atoms with Crippen LogP contribution in [0.1, 0.15) is 55.5 Å². The number of carbonyl (C=O) groups is 1. The molecule has 0 bridgehead atoms. The minimum absolute atomic E-state index is 0.391. The minimum atomic E-state index is -0.730. The summed E-state index contributed by atoms with van der Waals surface area (Å²) in [7, 11) is 2.05. The number of anilines is 1. The van der Waals surface area contributed by atoms with Gasteiger partial charge in [0.25, 0.3) is 0 Å². The third-order valence-electron chi connectivity index (χ3n) is 3.66. The lowest BCUT2D eigenvalue weighted by molar-refractivity contribution is -0.139. The fraction of sp³-hybridized carbons (Fsp3) is 0.714. The Morgan fingerprint density at radius 3 is 3.00 bits per heavy atom. The molecule has 1 heterocycles. The van der Waals surface area contributed by atoms with Gasteiger partial charge in [-0.2, -0.15) is 0 Å². The van der Waals surface area contributed by atoms with Gasteiger partial charge in [0.2, 0.25) is 0 Å². The summed E-state index contributed by atoms with van der Waals surface area (Å²) in [5, 5.41) is 10.2. The van der Waals surface area contributed by atoms with Gasteiger partial charge in [-0.05, 0) is 25.7 Å². The summed E-state index contributed by atoms with van der Waals surface area (Å²) in [6.07, 6.45) is 6.28. The Kier molecular flexibility index (Phi) is 4.80. The van der Waals surface area contributed by atoms with Gasteiger partial charge in [-0.1, -0.05) is 19.8 Å². The van der Waals surface area contributed by atoms with E-state index in [9.17, 15) is 9.90 Å². The summed E-state index contributed by atoms with van der Waals surface area (Å²) < 4.78 is 0. The minimum Gasteiger partial charge on any atom is -0.481 e. The molecule has 106 valence electrons. The molecule has 0 amide bonds. The van der Waals surface area contributed by atoms with Gasteiger partial charge in [0.15, 0.2) is 5.13 Å². The van der Waals surface area contributed by atoms with Crippen molar-refractivity contribution >= 4 is 22.4 Å². The maximum Gasteiger partial charge on any atom is 0.312 e. The van der Waals surface area contributed by atoms with Crippen LogP contribution in [0.5, 0.6) is 0 Å². The molecule has 0 saturated carbocycles. The Hall–Kier alpha value is -1.10. The summed E-state index contributed by atoms with van der Waals surface area (Å²) in [6.45, 7) is 3.19. The van der Waals surface area contributed by atoms with Crippen molar-refractivity contribution in [3.63, 3.8) is 0 Å². The maximum atomic E-state index is 11.3. The first kappa shape index (κ1) is 14.3. The van der Waals surface area contributed by atoms with E-state index in [0.29, 0.717) is 0 Å². The van der Waals surface area contributed by atoms with Crippen LogP contribution in [0, 0.1) is 0 Å². The molecule has 0 spiro atoms. The number of carboxylic acid groups (broad SMARTS) is 1. The van der Waals surface area contributed by atoms with Gasteiger partial charge in [-0.25, -0.2) is 4.98 Å². The van der Waals surface area contributed by atoms with Gasteiger partial charge >= 0.3 is 5.97 Å². The van der Waals surface area contributed by atoms with Crippen LogP contribution in [0.4, 0.5) is 5.13 Å². The number of hydrogen-bond donors (Lipinski definition) is 1. The molecular weight excluding hydrogens is 260 g/mol. The molecule has 0 fully saturated rings. The number of fused-ring (bicyclic) bond motifs is 1. The van der Waals surface area contributed by atoms with Crippen LogP contribution in [-0.4, -0.2) is 29.7 Å². The first-order valence-corrected chi connectivity index (χ1v) is 7.88. The van der Waals surface area contributed by atoms with Crippen molar-refractivity contribution in [2.75, 3.05) is 18.5 Å². The van der Waals surface area contributed by atoms with Crippen molar-refractivity contribution in [2.24, 2.45) is 0 Å². The standard InChI is InChI=1S/C14H22N2O2S/c1-3-4-5-9-16(2)14-15-12-10(13(17)18)7-6-8-11(12)19-14/h10H,3-9H2,1-2H3,(H,17,18). The number of rotatable bonds is 6. The lowest BCUT2D eigenvalue weighted by atomic mass is 9.91. The molecule has 0 aliphatic heterocycles.